The maximum absolute atomic E-state index is 10.9. The number of fused-ring (bicyclic) bond motifs is 7. The lowest BCUT2D eigenvalue weighted by atomic mass is 9.31. The highest BCUT2D eigenvalue weighted by Crippen LogP contribution is 2.76. The predicted molar refractivity (Wildman–Crippen MR) is 131 cm³/mol. The van der Waals surface area contributed by atoms with Crippen LogP contribution in [0.15, 0.2) is 11.6 Å². The molecular formula is C30H50O. The molecule has 0 aromatic carbocycles. The SMILES string of the molecule is CC1=CC[C@]2(C)CC[C@]3(C)[C@H](CCC4[C@@]5(C)CC[C@H](O)C(C)(C)C5CC[C@]43C)C2[C@H]1C. The topological polar surface area (TPSA) is 20.2 Å². The normalized spacial score (nSPS) is 58.3. The minimum atomic E-state index is -0.116. The average Bonchev–Trinajstić information content (AvgIpc) is 2.69. The molecule has 5 rings (SSSR count). The van der Waals surface area contributed by atoms with Crippen molar-refractivity contribution in [3.05, 3.63) is 11.6 Å². The molecule has 0 heterocycles. The van der Waals surface area contributed by atoms with E-state index in [1.165, 1.54) is 51.4 Å². The molecule has 0 aromatic rings. The Labute approximate surface area is 192 Å². The Bertz CT molecular complexity index is 779. The van der Waals surface area contributed by atoms with Gasteiger partial charge < -0.3 is 5.11 Å². The zero-order valence-electron chi connectivity index (χ0n) is 21.9. The molecule has 5 aliphatic carbocycles. The zero-order valence-corrected chi connectivity index (χ0v) is 21.9. The van der Waals surface area contributed by atoms with Crippen LogP contribution < -0.4 is 0 Å². The molecule has 0 radical (unpaired) electrons. The van der Waals surface area contributed by atoms with Gasteiger partial charge in [0.05, 0.1) is 6.10 Å². The van der Waals surface area contributed by atoms with E-state index in [1.54, 1.807) is 5.57 Å². The van der Waals surface area contributed by atoms with Crippen LogP contribution in [0, 0.1) is 56.7 Å². The molecule has 10 atom stereocenters. The summed E-state index contributed by atoms with van der Waals surface area (Å²) in [5.74, 6) is 4.00. The fourth-order valence-electron chi connectivity index (χ4n) is 11.3. The summed E-state index contributed by atoms with van der Waals surface area (Å²) in [5, 5.41) is 10.9. The van der Waals surface area contributed by atoms with Crippen molar-refractivity contribution in [2.75, 3.05) is 0 Å². The van der Waals surface area contributed by atoms with E-state index < -0.39 is 0 Å². The van der Waals surface area contributed by atoms with Crippen LogP contribution in [-0.4, -0.2) is 11.2 Å². The molecule has 1 heteroatoms. The second kappa shape index (κ2) is 6.64. The third-order valence-corrected chi connectivity index (χ3v) is 13.5. The molecular weight excluding hydrogens is 376 g/mol. The molecule has 3 unspecified atom stereocenters. The number of aliphatic hydroxyl groups is 1. The molecule has 0 bridgehead atoms. The van der Waals surface area contributed by atoms with Crippen molar-refractivity contribution in [2.45, 2.75) is 119 Å². The summed E-state index contributed by atoms with van der Waals surface area (Å²) in [4.78, 5) is 0. The molecule has 0 spiro atoms. The fraction of sp³-hybridized carbons (Fsp3) is 0.933. The Kier molecular flexibility index (Phi) is 4.82. The van der Waals surface area contributed by atoms with E-state index in [0.29, 0.717) is 27.6 Å². The Morgan fingerprint density at radius 3 is 2.23 bits per heavy atom. The van der Waals surface area contributed by atoms with Crippen molar-refractivity contribution in [1.82, 2.24) is 0 Å². The maximum Gasteiger partial charge on any atom is 0.0594 e. The van der Waals surface area contributed by atoms with E-state index in [2.05, 4.69) is 61.5 Å². The summed E-state index contributed by atoms with van der Waals surface area (Å²) in [6, 6.07) is 0. The highest BCUT2D eigenvalue weighted by atomic mass is 16.3. The van der Waals surface area contributed by atoms with Gasteiger partial charge in [-0.15, -0.1) is 0 Å². The van der Waals surface area contributed by atoms with Gasteiger partial charge in [0.2, 0.25) is 0 Å². The van der Waals surface area contributed by atoms with E-state index in [0.717, 1.165) is 30.1 Å². The van der Waals surface area contributed by atoms with Gasteiger partial charge in [0, 0.05) is 0 Å². The third-order valence-electron chi connectivity index (χ3n) is 13.5. The first-order valence-corrected chi connectivity index (χ1v) is 13.7. The summed E-state index contributed by atoms with van der Waals surface area (Å²) in [7, 11) is 0. The Morgan fingerprint density at radius 1 is 0.806 bits per heavy atom. The van der Waals surface area contributed by atoms with Crippen molar-refractivity contribution < 1.29 is 5.11 Å². The van der Waals surface area contributed by atoms with E-state index in [1.807, 2.05) is 0 Å². The first kappa shape index (κ1) is 22.5. The van der Waals surface area contributed by atoms with Crippen molar-refractivity contribution >= 4 is 0 Å². The van der Waals surface area contributed by atoms with Gasteiger partial charge in [-0.3, -0.25) is 0 Å². The quantitative estimate of drug-likeness (QED) is 0.389. The van der Waals surface area contributed by atoms with E-state index >= 15 is 0 Å². The highest BCUT2D eigenvalue weighted by Gasteiger charge is 2.69. The van der Waals surface area contributed by atoms with Crippen LogP contribution in [-0.2, 0) is 0 Å². The Balaban J connectivity index is 1.55. The van der Waals surface area contributed by atoms with Crippen molar-refractivity contribution in [3.8, 4) is 0 Å². The smallest absolute Gasteiger partial charge is 0.0594 e. The summed E-state index contributed by atoms with van der Waals surface area (Å²) in [5.41, 5.74) is 3.58. The second-order valence-corrected chi connectivity index (χ2v) is 14.7. The van der Waals surface area contributed by atoms with Gasteiger partial charge in [-0.05, 0) is 121 Å². The monoisotopic (exact) mass is 426 g/mol. The molecule has 4 saturated carbocycles. The lowest BCUT2D eigenvalue weighted by molar-refractivity contribution is -0.250. The lowest BCUT2D eigenvalue weighted by Gasteiger charge is -2.73. The van der Waals surface area contributed by atoms with Gasteiger partial charge in [-0.1, -0.05) is 60.1 Å². The minimum absolute atomic E-state index is 0.0665. The number of rotatable bonds is 0. The molecule has 31 heavy (non-hydrogen) atoms. The summed E-state index contributed by atoms with van der Waals surface area (Å²) < 4.78 is 0. The molecule has 1 N–H and O–H groups in total. The van der Waals surface area contributed by atoms with E-state index in [4.69, 9.17) is 0 Å². The molecule has 4 fully saturated rings. The molecule has 0 saturated heterocycles. The number of hydrogen-bond acceptors (Lipinski definition) is 1. The van der Waals surface area contributed by atoms with Gasteiger partial charge in [0.25, 0.3) is 0 Å². The van der Waals surface area contributed by atoms with Crippen LogP contribution >= 0.6 is 0 Å². The number of aliphatic hydroxyl groups excluding tert-OH is 1. The van der Waals surface area contributed by atoms with Crippen LogP contribution in [0.1, 0.15) is 113 Å². The van der Waals surface area contributed by atoms with Gasteiger partial charge in [0.1, 0.15) is 0 Å². The Hall–Kier alpha value is -0.300. The first-order chi connectivity index (χ1) is 14.3. The fourth-order valence-corrected chi connectivity index (χ4v) is 11.3. The second-order valence-electron chi connectivity index (χ2n) is 14.7. The van der Waals surface area contributed by atoms with E-state index in [-0.39, 0.29) is 11.5 Å². The maximum atomic E-state index is 10.9. The van der Waals surface area contributed by atoms with Crippen LogP contribution in [0.25, 0.3) is 0 Å². The van der Waals surface area contributed by atoms with Crippen LogP contribution in [0.4, 0.5) is 0 Å². The molecule has 1 nitrogen and oxygen atoms in total. The third kappa shape index (κ3) is 2.65. The lowest BCUT2D eigenvalue weighted by Crippen LogP contribution is -2.67. The standard InChI is InChI=1S/C30H50O/c1-19-11-14-27(5)17-18-29(7)21(25(27)20(19)2)9-10-23-28(6)15-13-24(31)26(3,4)22(28)12-16-30(23,29)8/h11,20-25,31H,9-10,12-18H2,1-8H3/t20-,21+,22?,23?,24-,25?,27+,28-,29+,30+/m0/s1. The zero-order chi connectivity index (χ0) is 22.6. The van der Waals surface area contributed by atoms with Crippen molar-refractivity contribution in [1.29, 1.82) is 0 Å². The van der Waals surface area contributed by atoms with Gasteiger partial charge in [-0.2, -0.15) is 0 Å². The Morgan fingerprint density at radius 2 is 1.52 bits per heavy atom. The number of hydrogen-bond donors (Lipinski definition) is 1. The van der Waals surface area contributed by atoms with Gasteiger partial charge >= 0.3 is 0 Å². The average molecular weight is 427 g/mol. The first-order valence-electron chi connectivity index (χ1n) is 13.7. The minimum Gasteiger partial charge on any atom is -0.393 e. The van der Waals surface area contributed by atoms with Crippen molar-refractivity contribution in [2.24, 2.45) is 56.7 Å². The molecule has 5 aliphatic rings. The highest BCUT2D eigenvalue weighted by molar-refractivity contribution is 5.22. The molecule has 0 amide bonds. The van der Waals surface area contributed by atoms with Crippen LogP contribution in [0.3, 0.4) is 0 Å². The number of allylic oxidation sites excluding steroid dienone is 2. The molecule has 176 valence electrons. The summed E-state index contributed by atoms with van der Waals surface area (Å²) >= 11 is 0. The molecule has 0 aromatic heterocycles. The molecule has 0 aliphatic heterocycles. The van der Waals surface area contributed by atoms with Gasteiger partial charge in [0.15, 0.2) is 0 Å². The van der Waals surface area contributed by atoms with Crippen molar-refractivity contribution in [3.63, 3.8) is 0 Å². The van der Waals surface area contributed by atoms with Crippen LogP contribution in [0.2, 0.25) is 0 Å². The summed E-state index contributed by atoms with van der Waals surface area (Å²) in [6.07, 6.45) is 14.5. The summed E-state index contributed by atoms with van der Waals surface area (Å²) in [6.45, 7) is 20.5. The largest absolute Gasteiger partial charge is 0.393 e. The van der Waals surface area contributed by atoms with E-state index in [9.17, 15) is 5.11 Å². The van der Waals surface area contributed by atoms with Gasteiger partial charge in [-0.25, -0.2) is 0 Å². The van der Waals surface area contributed by atoms with Crippen LogP contribution in [0.5, 0.6) is 0 Å². The predicted octanol–water partition coefficient (Wildman–Crippen LogP) is 8.02.